The van der Waals surface area contributed by atoms with Crippen LogP contribution in [-0.4, -0.2) is 20.7 Å². The quantitative estimate of drug-likeness (QED) is 0.376. The van der Waals surface area contributed by atoms with Crippen molar-refractivity contribution < 1.29 is 13.6 Å². The van der Waals surface area contributed by atoms with Crippen molar-refractivity contribution in [3.63, 3.8) is 0 Å². The van der Waals surface area contributed by atoms with Gasteiger partial charge in [0.05, 0.1) is 21.8 Å². The van der Waals surface area contributed by atoms with Crippen LogP contribution in [-0.2, 0) is 11.3 Å². The Labute approximate surface area is 185 Å². The first kappa shape index (κ1) is 22.4. The van der Waals surface area contributed by atoms with Crippen LogP contribution in [0.3, 0.4) is 0 Å². The Morgan fingerprint density at radius 3 is 2.60 bits per heavy atom. The molecule has 3 aromatic rings. The van der Waals surface area contributed by atoms with Crippen LogP contribution in [0.2, 0.25) is 0 Å². The zero-order valence-electron chi connectivity index (χ0n) is 16.6. The van der Waals surface area contributed by atoms with Crippen LogP contribution in [0.4, 0.5) is 14.5 Å². The van der Waals surface area contributed by atoms with Crippen molar-refractivity contribution in [1.82, 2.24) is 9.55 Å². The summed E-state index contributed by atoms with van der Waals surface area (Å²) in [4.78, 5) is 30.2. The second-order valence-electron chi connectivity index (χ2n) is 7.24. The topological polar surface area (TPSA) is 64.0 Å². The maximum atomic E-state index is 13.8. The molecule has 9 heteroatoms. The highest BCUT2D eigenvalue weighted by molar-refractivity contribution is 9.10. The van der Waals surface area contributed by atoms with Crippen molar-refractivity contribution >= 4 is 50.2 Å². The number of aromatic nitrogens is 2. The van der Waals surface area contributed by atoms with Gasteiger partial charge in [-0.25, -0.2) is 13.8 Å². The molecule has 1 amide bonds. The number of halogens is 3. The van der Waals surface area contributed by atoms with Crippen LogP contribution >= 0.6 is 27.7 Å². The molecule has 0 fully saturated rings. The summed E-state index contributed by atoms with van der Waals surface area (Å²) in [5, 5.41) is 2.67. The van der Waals surface area contributed by atoms with Gasteiger partial charge in [0.15, 0.2) is 5.16 Å². The van der Waals surface area contributed by atoms with E-state index < -0.39 is 22.8 Å². The molecular weight excluding hydrogens is 476 g/mol. The molecule has 30 heavy (non-hydrogen) atoms. The molecule has 1 unspecified atom stereocenters. The number of anilines is 1. The summed E-state index contributed by atoms with van der Waals surface area (Å²) in [5.41, 5.74) is 0.238. The van der Waals surface area contributed by atoms with Crippen molar-refractivity contribution in [2.75, 3.05) is 5.32 Å². The van der Waals surface area contributed by atoms with E-state index >= 15 is 0 Å². The standard InChI is InChI=1S/C21H20BrF2N3O2S/c1-11(2)10-27-20(29)15-8-13(22)4-6-17(15)26-21(27)30-12(3)19(28)25-18-7-5-14(23)9-16(18)24/h4-9,11-12H,10H2,1-3H3,(H,25,28). The number of carbonyl (C=O) groups is 1. The molecule has 0 aliphatic rings. The molecule has 158 valence electrons. The van der Waals surface area contributed by atoms with Gasteiger partial charge in [-0.15, -0.1) is 0 Å². The van der Waals surface area contributed by atoms with Crippen LogP contribution < -0.4 is 10.9 Å². The molecule has 0 saturated carbocycles. The number of carbonyl (C=O) groups excluding carboxylic acids is 1. The summed E-state index contributed by atoms with van der Waals surface area (Å²) < 4.78 is 29.3. The minimum absolute atomic E-state index is 0.107. The van der Waals surface area contributed by atoms with E-state index in [1.807, 2.05) is 13.8 Å². The minimum Gasteiger partial charge on any atom is -0.323 e. The Balaban J connectivity index is 1.92. The molecule has 0 aliphatic carbocycles. The van der Waals surface area contributed by atoms with Crippen LogP contribution in [0.15, 0.2) is 50.8 Å². The third-order valence-electron chi connectivity index (χ3n) is 4.27. The third-order valence-corrected chi connectivity index (χ3v) is 5.85. The molecule has 0 bridgehead atoms. The van der Waals surface area contributed by atoms with E-state index in [0.717, 1.165) is 22.3 Å². The van der Waals surface area contributed by atoms with Crippen molar-refractivity contribution in [3.05, 3.63) is 62.9 Å². The van der Waals surface area contributed by atoms with E-state index in [1.54, 1.807) is 29.7 Å². The van der Waals surface area contributed by atoms with Gasteiger partial charge in [0.2, 0.25) is 5.91 Å². The minimum atomic E-state index is -0.855. The molecule has 1 atom stereocenters. The lowest BCUT2D eigenvalue weighted by molar-refractivity contribution is -0.115. The fourth-order valence-corrected chi connectivity index (χ4v) is 4.10. The predicted molar refractivity (Wildman–Crippen MR) is 119 cm³/mol. The normalized spacial score (nSPS) is 12.4. The number of nitrogens with one attached hydrogen (secondary N) is 1. The maximum Gasteiger partial charge on any atom is 0.262 e. The first-order valence-electron chi connectivity index (χ1n) is 9.28. The molecule has 1 heterocycles. The Kier molecular flexibility index (Phi) is 6.92. The van der Waals surface area contributed by atoms with E-state index in [0.29, 0.717) is 28.7 Å². The van der Waals surface area contributed by atoms with Crippen molar-refractivity contribution in [1.29, 1.82) is 0 Å². The van der Waals surface area contributed by atoms with Gasteiger partial charge >= 0.3 is 0 Å². The lowest BCUT2D eigenvalue weighted by atomic mass is 10.2. The van der Waals surface area contributed by atoms with Gasteiger partial charge in [-0.3, -0.25) is 14.2 Å². The second kappa shape index (κ2) is 9.26. The highest BCUT2D eigenvalue weighted by Crippen LogP contribution is 2.26. The van der Waals surface area contributed by atoms with Crippen LogP contribution in [0.5, 0.6) is 0 Å². The summed E-state index contributed by atoms with van der Waals surface area (Å²) in [7, 11) is 0. The fraction of sp³-hybridized carbons (Fsp3) is 0.286. The molecule has 0 saturated heterocycles. The number of fused-ring (bicyclic) bond motifs is 1. The SMILES string of the molecule is CC(C)Cn1c(SC(C)C(=O)Nc2ccc(F)cc2F)nc2ccc(Br)cc2c1=O. The Morgan fingerprint density at radius 2 is 1.93 bits per heavy atom. The van der Waals surface area contributed by atoms with Gasteiger partial charge < -0.3 is 5.32 Å². The Hall–Kier alpha value is -2.26. The molecule has 0 spiro atoms. The van der Waals surface area contributed by atoms with E-state index in [9.17, 15) is 18.4 Å². The van der Waals surface area contributed by atoms with Gasteiger partial charge in [0.1, 0.15) is 11.6 Å². The van der Waals surface area contributed by atoms with E-state index in [-0.39, 0.29) is 17.2 Å². The molecule has 2 aromatic carbocycles. The first-order chi connectivity index (χ1) is 14.2. The highest BCUT2D eigenvalue weighted by Gasteiger charge is 2.21. The van der Waals surface area contributed by atoms with Gasteiger partial charge in [0.25, 0.3) is 5.56 Å². The van der Waals surface area contributed by atoms with Gasteiger partial charge in [-0.2, -0.15) is 0 Å². The smallest absolute Gasteiger partial charge is 0.262 e. The number of rotatable bonds is 6. The van der Waals surface area contributed by atoms with Crippen molar-refractivity contribution in [2.24, 2.45) is 5.92 Å². The summed E-state index contributed by atoms with van der Waals surface area (Å²) in [6.07, 6.45) is 0. The Morgan fingerprint density at radius 1 is 1.20 bits per heavy atom. The van der Waals surface area contributed by atoms with Crippen LogP contribution in [0.1, 0.15) is 20.8 Å². The molecule has 3 rings (SSSR count). The van der Waals surface area contributed by atoms with Gasteiger partial charge in [0, 0.05) is 17.1 Å². The average molecular weight is 496 g/mol. The number of benzene rings is 2. The van der Waals surface area contributed by atoms with Crippen molar-refractivity contribution in [3.8, 4) is 0 Å². The number of thioether (sulfide) groups is 1. The van der Waals surface area contributed by atoms with Gasteiger partial charge in [-0.1, -0.05) is 41.5 Å². The zero-order chi connectivity index (χ0) is 22.0. The van der Waals surface area contributed by atoms with Crippen LogP contribution in [0.25, 0.3) is 10.9 Å². The van der Waals surface area contributed by atoms with E-state index in [4.69, 9.17) is 0 Å². The predicted octanol–water partition coefficient (Wildman–Crippen LogP) is 5.21. The molecule has 1 N–H and O–H groups in total. The second-order valence-corrected chi connectivity index (χ2v) is 9.46. The molecule has 0 aliphatic heterocycles. The first-order valence-corrected chi connectivity index (χ1v) is 11.0. The van der Waals surface area contributed by atoms with Crippen LogP contribution in [0, 0.1) is 17.6 Å². The number of nitrogens with zero attached hydrogens (tertiary/aromatic N) is 2. The summed E-state index contributed by atoms with van der Waals surface area (Å²) in [5.74, 6) is -1.87. The number of hydrogen-bond acceptors (Lipinski definition) is 4. The molecular formula is C21H20BrF2N3O2S. The summed E-state index contributed by atoms with van der Waals surface area (Å²) in [6, 6.07) is 8.20. The summed E-state index contributed by atoms with van der Waals surface area (Å²) in [6.45, 7) is 6.05. The van der Waals surface area contributed by atoms with Gasteiger partial charge in [-0.05, 0) is 43.2 Å². The highest BCUT2D eigenvalue weighted by atomic mass is 79.9. The van der Waals surface area contributed by atoms with E-state index in [1.165, 1.54) is 6.07 Å². The monoisotopic (exact) mass is 495 g/mol. The fourth-order valence-electron chi connectivity index (χ4n) is 2.83. The largest absolute Gasteiger partial charge is 0.323 e. The zero-order valence-corrected chi connectivity index (χ0v) is 19.0. The summed E-state index contributed by atoms with van der Waals surface area (Å²) >= 11 is 4.49. The number of amides is 1. The maximum absolute atomic E-state index is 13.8. The lowest BCUT2D eigenvalue weighted by Crippen LogP contribution is -2.28. The Bertz CT molecular complexity index is 1170. The molecule has 1 aromatic heterocycles. The molecule has 0 radical (unpaired) electrons. The van der Waals surface area contributed by atoms with E-state index in [2.05, 4.69) is 26.2 Å². The molecule has 5 nitrogen and oxygen atoms in total. The lowest BCUT2D eigenvalue weighted by Gasteiger charge is -2.18. The number of hydrogen-bond donors (Lipinski definition) is 1. The van der Waals surface area contributed by atoms with Crippen molar-refractivity contribution in [2.45, 2.75) is 37.7 Å². The third kappa shape index (κ3) is 5.07. The average Bonchev–Trinajstić information content (AvgIpc) is 2.67.